The zero-order valence-corrected chi connectivity index (χ0v) is 21.5. The summed E-state index contributed by atoms with van der Waals surface area (Å²) in [6, 6.07) is 12.4. The van der Waals surface area contributed by atoms with Gasteiger partial charge in [0.05, 0.1) is 35.4 Å². The third-order valence-electron chi connectivity index (χ3n) is 7.15. The van der Waals surface area contributed by atoms with Gasteiger partial charge in [0.2, 0.25) is 0 Å². The summed E-state index contributed by atoms with van der Waals surface area (Å²) < 4.78 is 31.1. The number of aromatic nitrogens is 2. The van der Waals surface area contributed by atoms with Crippen LogP contribution in [0.15, 0.2) is 42.5 Å². The number of halogens is 3. The van der Waals surface area contributed by atoms with Crippen LogP contribution in [-0.2, 0) is 19.5 Å². The summed E-state index contributed by atoms with van der Waals surface area (Å²) >= 11 is 6.04. The van der Waals surface area contributed by atoms with Gasteiger partial charge in [-0.1, -0.05) is 23.7 Å². The molecule has 1 aromatic heterocycles. The molecule has 0 saturated heterocycles. The van der Waals surface area contributed by atoms with Crippen molar-refractivity contribution in [3.05, 3.63) is 81.1 Å². The van der Waals surface area contributed by atoms with Gasteiger partial charge in [0, 0.05) is 30.1 Å². The van der Waals surface area contributed by atoms with Gasteiger partial charge in [-0.15, -0.1) is 0 Å². The fourth-order valence-corrected chi connectivity index (χ4v) is 5.26. The maximum absolute atomic E-state index is 13.7. The number of rotatable bonds is 5. The summed E-state index contributed by atoms with van der Waals surface area (Å²) in [5.41, 5.74) is 3.32. The quantitative estimate of drug-likeness (QED) is 0.464. The second-order valence-electron chi connectivity index (χ2n) is 9.41. The lowest BCUT2D eigenvalue weighted by Crippen LogP contribution is -2.44. The second-order valence-corrected chi connectivity index (χ2v) is 9.82. The Morgan fingerprint density at radius 1 is 1.21 bits per heavy atom. The molecule has 38 heavy (non-hydrogen) atoms. The second kappa shape index (κ2) is 10.1. The van der Waals surface area contributed by atoms with Crippen LogP contribution >= 0.6 is 11.6 Å². The molecule has 0 aliphatic carbocycles. The third-order valence-corrected chi connectivity index (χ3v) is 7.48. The molecule has 2 atom stereocenters. The number of amides is 2. The SMILES string of the molecule is CC(c1ccc(OC(F)F)cc1)N1CCn2nc3c(c2C1=O)CN(C(=O)c1ccc(Cl)c(C#N)c1)[C@H](C)C3. The van der Waals surface area contributed by atoms with Crippen LogP contribution in [0.5, 0.6) is 5.75 Å². The van der Waals surface area contributed by atoms with Gasteiger partial charge in [-0.25, -0.2) is 0 Å². The molecule has 1 unspecified atom stereocenters. The molecule has 0 saturated carbocycles. The van der Waals surface area contributed by atoms with Crippen molar-refractivity contribution in [2.75, 3.05) is 6.54 Å². The van der Waals surface area contributed by atoms with E-state index < -0.39 is 6.61 Å². The average Bonchev–Trinajstić information content (AvgIpc) is 3.26. The maximum atomic E-state index is 13.7. The van der Waals surface area contributed by atoms with Gasteiger partial charge in [-0.05, 0) is 49.7 Å². The lowest BCUT2D eigenvalue weighted by Gasteiger charge is -2.35. The molecular weight excluding hydrogens is 516 g/mol. The van der Waals surface area contributed by atoms with Crippen molar-refractivity contribution >= 4 is 23.4 Å². The minimum absolute atomic E-state index is 0.0505. The summed E-state index contributed by atoms with van der Waals surface area (Å²) in [4.78, 5) is 30.5. The van der Waals surface area contributed by atoms with E-state index in [2.05, 4.69) is 9.84 Å². The molecule has 2 aromatic carbocycles. The molecule has 2 aliphatic rings. The molecule has 0 bridgehead atoms. The number of nitriles is 1. The van der Waals surface area contributed by atoms with Gasteiger partial charge >= 0.3 is 6.61 Å². The Hall–Kier alpha value is -3.97. The van der Waals surface area contributed by atoms with Crippen molar-refractivity contribution in [2.45, 2.75) is 52.1 Å². The molecule has 0 N–H and O–H groups in total. The minimum atomic E-state index is -2.91. The number of hydrogen-bond donors (Lipinski definition) is 0. The Kier molecular flexibility index (Phi) is 6.80. The molecule has 5 rings (SSSR count). The molecule has 2 aliphatic heterocycles. The normalized spacial score (nSPS) is 17.6. The lowest BCUT2D eigenvalue weighted by molar-refractivity contribution is -0.0498. The number of carbonyl (C=O) groups excluding carboxylic acids is 2. The van der Waals surface area contributed by atoms with Gasteiger partial charge in [-0.3, -0.25) is 14.3 Å². The molecule has 3 heterocycles. The van der Waals surface area contributed by atoms with E-state index in [4.69, 9.17) is 11.6 Å². The summed E-state index contributed by atoms with van der Waals surface area (Å²) in [7, 11) is 0. The van der Waals surface area contributed by atoms with Crippen LogP contribution in [0.1, 0.15) is 63.1 Å². The Morgan fingerprint density at radius 3 is 2.63 bits per heavy atom. The van der Waals surface area contributed by atoms with Crippen LogP contribution in [0.25, 0.3) is 0 Å². The zero-order chi connectivity index (χ0) is 27.1. The van der Waals surface area contributed by atoms with Crippen molar-refractivity contribution in [3.8, 4) is 11.8 Å². The number of hydrogen-bond acceptors (Lipinski definition) is 5. The summed E-state index contributed by atoms with van der Waals surface area (Å²) in [5, 5.41) is 14.3. The van der Waals surface area contributed by atoms with Gasteiger partial charge in [0.1, 0.15) is 17.5 Å². The predicted octanol–water partition coefficient (Wildman–Crippen LogP) is 4.81. The van der Waals surface area contributed by atoms with Gasteiger partial charge in [-0.2, -0.15) is 19.1 Å². The minimum Gasteiger partial charge on any atom is -0.435 e. The number of nitrogens with zero attached hydrogens (tertiary/aromatic N) is 5. The summed E-state index contributed by atoms with van der Waals surface area (Å²) in [5.74, 6) is -0.406. The first-order valence-electron chi connectivity index (χ1n) is 12.1. The third kappa shape index (κ3) is 4.58. The fraction of sp³-hybridized carbons (Fsp3) is 0.333. The number of fused-ring (bicyclic) bond motifs is 3. The molecule has 2 amide bonds. The highest BCUT2D eigenvalue weighted by atomic mass is 35.5. The van der Waals surface area contributed by atoms with Crippen molar-refractivity contribution in [1.82, 2.24) is 19.6 Å². The first-order chi connectivity index (χ1) is 18.2. The lowest BCUT2D eigenvalue weighted by atomic mass is 9.97. The highest BCUT2D eigenvalue weighted by Crippen LogP contribution is 2.33. The van der Waals surface area contributed by atoms with E-state index in [0.29, 0.717) is 36.3 Å². The molecule has 196 valence electrons. The monoisotopic (exact) mass is 539 g/mol. The molecule has 3 aromatic rings. The zero-order valence-electron chi connectivity index (χ0n) is 20.7. The van der Waals surface area contributed by atoms with E-state index >= 15 is 0 Å². The number of carbonyl (C=O) groups is 2. The maximum Gasteiger partial charge on any atom is 0.387 e. The van der Waals surface area contributed by atoms with Gasteiger partial charge in [0.25, 0.3) is 11.8 Å². The Balaban J connectivity index is 1.40. The fourth-order valence-electron chi connectivity index (χ4n) is 5.10. The topological polar surface area (TPSA) is 91.5 Å². The van der Waals surface area contributed by atoms with E-state index in [-0.39, 0.29) is 46.8 Å². The number of ether oxygens (including phenoxy) is 1. The molecule has 0 radical (unpaired) electrons. The van der Waals surface area contributed by atoms with E-state index in [1.54, 1.807) is 32.7 Å². The summed E-state index contributed by atoms with van der Waals surface area (Å²) in [6.45, 7) is 2.04. The van der Waals surface area contributed by atoms with E-state index in [0.717, 1.165) is 11.3 Å². The van der Waals surface area contributed by atoms with E-state index in [1.165, 1.54) is 24.3 Å². The first kappa shape index (κ1) is 25.7. The Morgan fingerprint density at radius 2 is 1.95 bits per heavy atom. The van der Waals surface area contributed by atoms with Crippen LogP contribution in [0.3, 0.4) is 0 Å². The molecule has 0 spiro atoms. The summed E-state index contributed by atoms with van der Waals surface area (Å²) in [6.07, 6.45) is 0.494. The largest absolute Gasteiger partial charge is 0.435 e. The van der Waals surface area contributed by atoms with Crippen LogP contribution in [-0.4, -0.2) is 50.6 Å². The van der Waals surface area contributed by atoms with E-state index in [1.807, 2.05) is 19.9 Å². The van der Waals surface area contributed by atoms with E-state index in [9.17, 15) is 23.6 Å². The smallest absolute Gasteiger partial charge is 0.387 e. The van der Waals surface area contributed by atoms with Crippen molar-refractivity contribution in [3.63, 3.8) is 0 Å². The predicted molar refractivity (Wildman–Crippen MR) is 134 cm³/mol. The average molecular weight is 540 g/mol. The molecule has 8 nitrogen and oxygen atoms in total. The number of benzene rings is 2. The molecular formula is C27H24ClF2N5O3. The van der Waals surface area contributed by atoms with Crippen LogP contribution in [0.4, 0.5) is 8.78 Å². The number of alkyl halides is 2. The standard InChI is InChI=1S/C27H24ClF2N5O3/c1-15-11-23-21(14-34(15)25(36)18-5-8-22(28)19(12-18)13-31)24-26(37)33(9-10-35(24)32-23)16(2)17-3-6-20(7-4-17)38-27(29)30/h3-8,12,15-16,27H,9-11,14H2,1-2H3/t15-,16?/m1/s1. The van der Waals surface area contributed by atoms with Crippen LogP contribution in [0, 0.1) is 11.3 Å². The Labute approximate surface area is 223 Å². The van der Waals surface area contributed by atoms with Gasteiger partial charge < -0.3 is 14.5 Å². The molecule has 0 fully saturated rings. The van der Waals surface area contributed by atoms with Crippen LogP contribution in [0.2, 0.25) is 5.02 Å². The van der Waals surface area contributed by atoms with Crippen molar-refractivity contribution in [1.29, 1.82) is 5.26 Å². The van der Waals surface area contributed by atoms with Crippen LogP contribution < -0.4 is 4.74 Å². The highest BCUT2D eigenvalue weighted by Gasteiger charge is 2.38. The van der Waals surface area contributed by atoms with Crippen molar-refractivity contribution in [2.24, 2.45) is 0 Å². The molecule has 11 heteroatoms. The first-order valence-corrected chi connectivity index (χ1v) is 12.5. The highest BCUT2D eigenvalue weighted by molar-refractivity contribution is 6.31. The Bertz CT molecular complexity index is 1450. The van der Waals surface area contributed by atoms with Gasteiger partial charge in [0.15, 0.2) is 0 Å². The van der Waals surface area contributed by atoms with Crippen molar-refractivity contribution < 1.29 is 23.1 Å².